The molecular weight excluding hydrogens is 190 g/mol. The minimum Gasteiger partial charge on any atom is -0.396 e. The lowest BCUT2D eigenvalue weighted by molar-refractivity contribution is -0.126. The first kappa shape index (κ1) is 13.0. The van der Waals surface area contributed by atoms with Gasteiger partial charge in [-0.2, -0.15) is 0 Å². The monoisotopic (exact) mass is 205 g/mol. The van der Waals surface area contributed by atoms with Crippen LogP contribution in [0.3, 0.4) is 0 Å². The van der Waals surface area contributed by atoms with Gasteiger partial charge in [-0.25, -0.2) is 0 Å². The molecule has 0 radical (unpaired) electrons. The molecule has 0 spiro atoms. The third-order valence-corrected chi connectivity index (χ3v) is 1.70. The first-order valence-electron chi connectivity index (χ1n) is 4.22. The third-order valence-electron chi connectivity index (χ3n) is 1.70. The van der Waals surface area contributed by atoms with Gasteiger partial charge in [0.05, 0.1) is 6.10 Å². The summed E-state index contributed by atoms with van der Waals surface area (Å²) in [6, 6.07) is -1.14. The molecule has 0 aliphatic carbocycles. The number of amides is 1. The number of hydrogen-bond donors (Lipinski definition) is 4. The van der Waals surface area contributed by atoms with Crippen molar-refractivity contribution < 1.29 is 24.9 Å². The number of aldehydes is 1. The smallest absolute Gasteiger partial charge is 0.217 e. The number of aliphatic hydroxyl groups is 3. The van der Waals surface area contributed by atoms with Crippen LogP contribution in [0.5, 0.6) is 0 Å². The fourth-order valence-electron chi connectivity index (χ4n) is 0.977. The van der Waals surface area contributed by atoms with Gasteiger partial charge < -0.3 is 25.4 Å². The van der Waals surface area contributed by atoms with Gasteiger partial charge in [0, 0.05) is 13.5 Å². The molecule has 4 N–H and O–H groups in total. The molecule has 14 heavy (non-hydrogen) atoms. The number of aliphatic hydroxyl groups excluding tert-OH is 3. The minimum atomic E-state index is -1.40. The SMILES string of the molecule is CC(=O)N[C@H](C=O)[C@H](O)[C@@H](O)CCO. The Labute approximate surface area is 81.5 Å². The van der Waals surface area contributed by atoms with Crippen molar-refractivity contribution >= 4 is 12.2 Å². The molecule has 1 amide bonds. The number of nitrogens with one attached hydrogen (secondary N) is 1. The average Bonchev–Trinajstić information content (AvgIpc) is 2.13. The van der Waals surface area contributed by atoms with E-state index in [4.69, 9.17) is 5.11 Å². The lowest BCUT2D eigenvalue weighted by Gasteiger charge is -2.22. The number of carbonyl (C=O) groups excluding carboxylic acids is 2. The molecule has 0 saturated carbocycles. The summed E-state index contributed by atoms with van der Waals surface area (Å²) >= 11 is 0. The lowest BCUT2D eigenvalue weighted by atomic mass is 10.0. The standard InChI is InChI=1S/C8H15NO5/c1-5(12)9-6(4-11)8(14)7(13)2-3-10/h4,6-8,10,13-14H,2-3H2,1H3,(H,9,12)/t6-,7+,8+/m1/s1. The molecule has 0 saturated heterocycles. The summed E-state index contributed by atoms with van der Waals surface area (Å²) in [5, 5.41) is 29.2. The zero-order valence-electron chi connectivity index (χ0n) is 7.88. The first-order valence-corrected chi connectivity index (χ1v) is 4.22. The summed E-state index contributed by atoms with van der Waals surface area (Å²) in [6.07, 6.45) is -2.34. The highest BCUT2D eigenvalue weighted by molar-refractivity contribution is 5.77. The van der Waals surface area contributed by atoms with E-state index < -0.39 is 24.2 Å². The van der Waals surface area contributed by atoms with E-state index in [1.807, 2.05) is 0 Å². The molecule has 0 aromatic rings. The van der Waals surface area contributed by atoms with Crippen LogP contribution in [0, 0.1) is 0 Å². The minimum absolute atomic E-state index is 0.0505. The molecule has 6 nitrogen and oxygen atoms in total. The predicted molar refractivity (Wildman–Crippen MR) is 47.4 cm³/mol. The summed E-state index contributed by atoms with van der Waals surface area (Å²) in [4.78, 5) is 21.0. The van der Waals surface area contributed by atoms with Gasteiger partial charge >= 0.3 is 0 Å². The van der Waals surface area contributed by atoms with E-state index in [0.29, 0.717) is 6.29 Å². The van der Waals surface area contributed by atoms with Crippen LogP contribution in [0.25, 0.3) is 0 Å². The van der Waals surface area contributed by atoms with Crippen LogP contribution in [0.1, 0.15) is 13.3 Å². The summed E-state index contributed by atoms with van der Waals surface area (Å²) < 4.78 is 0. The Bertz CT molecular complexity index is 196. The van der Waals surface area contributed by atoms with Crippen molar-refractivity contribution in [2.45, 2.75) is 31.6 Å². The van der Waals surface area contributed by atoms with E-state index in [9.17, 15) is 19.8 Å². The van der Waals surface area contributed by atoms with Crippen LogP contribution in [0.15, 0.2) is 0 Å². The van der Waals surface area contributed by atoms with Gasteiger partial charge in [-0.15, -0.1) is 0 Å². The van der Waals surface area contributed by atoms with Gasteiger partial charge in [-0.05, 0) is 6.42 Å². The van der Waals surface area contributed by atoms with Crippen molar-refractivity contribution in [3.63, 3.8) is 0 Å². The van der Waals surface area contributed by atoms with E-state index in [0.717, 1.165) is 0 Å². The Morgan fingerprint density at radius 3 is 2.43 bits per heavy atom. The van der Waals surface area contributed by atoms with Crippen LogP contribution >= 0.6 is 0 Å². The molecule has 0 unspecified atom stereocenters. The second-order valence-electron chi connectivity index (χ2n) is 2.93. The fourth-order valence-corrected chi connectivity index (χ4v) is 0.977. The maximum absolute atomic E-state index is 10.6. The highest BCUT2D eigenvalue weighted by Gasteiger charge is 2.26. The van der Waals surface area contributed by atoms with Crippen molar-refractivity contribution in [3.05, 3.63) is 0 Å². The molecular formula is C8H15NO5. The van der Waals surface area contributed by atoms with Crippen LogP contribution in [0.4, 0.5) is 0 Å². The number of hydrogen-bond acceptors (Lipinski definition) is 5. The highest BCUT2D eigenvalue weighted by atomic mass is 16.3. The average molecular weight is 205 g/mol. The van der Waals surface area contributed by atoms with E-state index >= 15 is 0 Å². The predicted octanol–water partition coefficient (Wildman–Crippen LogP) is -2.21. The van der Waals surface area contributed by atoms with Gasteiger partial charge in [-0.1, -0.05) is 0 Å². The van der Waals surface area contributed by atoms with Crippen LogP contribution in [0.2, 0.25) is 0 Å². The quantitative estimate of drug-likeness (QED) is 0.368. The van der Waals surface area contributed by atoms with Gasteiger partial charge in [0.2, 0.25) is 5.91 Å². The van der Waals surface area contributed by atoms with Gasteiger partial charge in [0.25, 0.3) is 0 Å². The molecule has 0 bridgehead atoms. The Kier molecular flexibility index (Phi) is 6.02. The van der Waals surface area contributed by atoms with Crippen LogP contribution in [-0.2, 0) is 9.59 Å². The molecule has 82 valence electrons. The molecule has 0 aliphatic heterocycles. The Hall–Kier alpha value is -0.980. The van der Waals surface area contributed by atoms with E-state index in [2.05, 4.69) is 5.32 Å². The summed E-state index contributed by atoms with van der Waals surface area (Å²) in [5.41, 5.74) is 0. The maximum Gasteiger partial charge on any atom is 0.217 e. The van der Waals surface area contributed by atoms with E-state index in [-0.39, 0.29) is 13.0 Å². The second kappa shape index (κ2) is 6.47. The molecule has 0 aromatic carbocycles. The van der Waals surface area contributed by atoms with Crippen molar-refractivity contribution in [2.24, 2.45) is 0 Å². The maximum atomic E-state index is 10.6. The van der Waals surface area contributed by atoms with Crippen molar-refractivity contribution in [3.8, 4) is 0 Å². The van der Waals surface area contributed by atoms with Crippen molar-refractivity contribution in [1.82, 2.24) is 5.32 Å². The van der Waals surface area contributed by atoms with Gasteiger partial charge in [-0.3, -0.25) is 4.79 Å². The molecule has 6 heteroatoms. The summed E-state index contributed by atoms with van der Waals surface area (Å²) in [7, 11) is 0. The zero-order valence-corrected chi connectivity index (χ0v) is 7.88. The van der Waals surface area contributed by atoms with Gasteiger partial charge in [0.15, 0.2) is 0 Å². The molecule has 0 aliphatic rings. The first-order chi connectivity index (χ1) is 6.52. The molecule has 3 atom stereocenters. The summed E-state index contributed by atoms with van der Waals surface area (Å²) in [6.45, 7) is 0.894. The largest absolute Gasteiger partial charge is 0.396 e. The molecule has 0 rings (SSSR count). The van der Waals surface area contributed by atoms with Crippen LogP contribution < -0.4 is 5.32 Å². The number of rotatable bonds is 6. The van der Waals surface area contributed by atoms with Crippen LogP contribution in [-0.4, -0.2) is 52.4 Å². The highest BCUT2D eigenvalue weighted by Crippen LogP contribution is 2.02. The Morgan fingerprint density at radius 2 is 2.07 bits per heavy atom. The number of carbonyl (C=O) groups is 2. The van der Waals surface area contributed by atoms with Gasteiger partial charge in [0.1, 0.15) is 18.4 Å². The van der Waals surface area contributed by atoms with Crippen molar-refractivity contribution in [2.75, 3.05) is 6.61 Å². The van der Waals surface area contributed by atoms with E-state index in [1.165, 1.54) is 6.92 Å². The van der Waals surface area contributed by atoms with E-state index in [1.54, 1.807) is 0 Å². The second-order valence-corrected chi connectivity index (χ2v) is 2.93. The zero-order chi connectivity index (χ0) is 11.1. The lowest BCUT2D eigenvalue weighted by Crippen LogP contribution is -2.49. The van der Waals surface area contributed by atoms with Crippen molar-refractivity contribution in [1.29, 1.82) is 0 Å². The molecule has 0 fully saturated rings. The topological polar surface area (TPSA) is 107 Å². The molecule has 0 aromatic heterocycles. The molecule has 0 heterocycles. The third kappa shape index (κ3) is 4.31. The summed E-state index contributed by atoms with van der Waals surface area (Å²) in [5.74, 6) is -0.475. The normalized spacial score (nSPS) is 16.9. The Morgan fingerprint density at radius 1 is 1.50 bits per heavy atom. The fraction of sp³-hybridized carbons (Fsp3) is 0.750. The Balaban J connectivity index is 4.21.